The van der Waals surface area contributed by atoms with E-state index in [1.165, 1.54) is 6.07 Å². The zero-order chi connectivity index (χ0) is 14.5. The van der Waals surface area contributed by atoms with E-state index in [1.54, 1.807) is 18.3 Å². The molecule has 3 aromatic rings. The topological polar surface area (TPSA) is 40.7 Å². The number of aromatic amines is 1. The van der Waals surface area contributed by atoms with Gasteiger partial charge in [0.05, 0.1) is 6.04 Å². The number of aromatic nitrogens is 2. The van der Waals surface area contributed by atoms with E-state index in [0.717, 1.165) is 16.8 Å². The van der Waals surface area contributed by atoms with E-state index >= 15 is 0 Å². The first-order valence-electron chi connectivity index (χ1n) is 6.85. The molecule has 0 bridgehead atoms. The molecule has 1 atom stereocenters. The highest BCUT2D eigenvalue weighted by molar-refractivity contribution is 5.32. The zero-order valence-corrected chi connectivity index (χ0v) is 11.5. The number of hydrogen-bond donors (Lipinski definition) is 2. The third-order valence-corrected chi connectivity index (χ3v) is 3.37. The van der Waals surface area contributed by atoms with Gasteiger partial charge >= 0.3 is 0 Å². The van der Waals surface area contributed by atoms with Gasteiger partial charge in [-0.15, -0.1) is 0 Å². The number of halogens is 1. The number of H-pyrrole nitrogens is 1. The Kier molecular flexibility index (Phi) is 4.07. The highest BCUT2D eigenvalue weighted by Gasteiger charge is 2.14. The van der Waals surface area contributed by atoms with Gasteiger partial charge in [0.2, 0.25) is 0 Å². The lowest BCUT2D eigenvalue weighted by atomic mass is 9.98. The Morgan fingerprint density at radius 1 is 1.00 bits per heavy atom. The summed E-state index contributed by atoms with van der Waals surface area (Å²) in [5.74, 6) is -0.225. The van der Waals surface area contributed by atoms with Crippen molar-refractivity contribution in [1.29, 1.82) is 0 Å². The summed E-state index contributed by atoms with van der Waals surface area (Å²) in [6.07, 6.45) is 1.72. The van der Waals surface area contributed by atoms with Crippen molar-refractivity contribution in [2.24, 2.45) is 0 Å². The molecule has 0 aliphatic rings. The SMILES string of the molecule is Fc1cccc([C@H](NCc2ccn[nH]2)c2ccccc2)c1. The van der Waals surface area contributed by atoms with Crippen LogP contribution in [-0.4, -0.2) is 10.2 Å². The first-order valence-corrected chi connectivity index (χ1v) is 6.85. The summed E-state index contributed by atoms with van der Waals surface area (Å²) in [7, 11) is 0. The van der Waals surface area contributed by atoms with Crippen LogP contribution in [0.3, 0.4) is 0 Å². The first-order chi connectivity index (χ1) is 10.3. The molecular weight excluding hydrogens is 265 g/mol. The molecule has 0 aliphatic carbocycles. The predicted molar refractivity (Wildman–Crippen MR) is 80.1 cm³/mol. The Bertz CT molecular complexity index is 680. The Labute approximate surface area is 122 Å². The molecular formula is C17H16FN3. The lowest BCUT2D eigenvalue weighted by Crippen LogP contribution is -2.22. The minimum atomic E-state index is -0.225. The van der Waals surface area contributed by atoms with Gasteiger partial charge in [0, 0.05) is 18.4 Å². The van der Waals surface area contributed by atoms with E-state index in [2.05, 4.69) is 15.5 Å². The molecule has 2 aromatic carbocycles. The molecule has 0 saturated carbocycles. The third-order valence-electron chi connectivity index (χ3n) is 3.37. The van der Waals surface area contributed by atoms with Crippen molar-refractivity contribution in [3.05, 3.63) is 89.5 Å². The summed E-state index contributed by atoms with van der Waals surface area (Å²) in [4.78, 5) is 0. The molecule has 106 valence electrons. The lowest BCUT2D eigenvalue weighted by Gasteiger charge is -2.19. The predicted octanol–water partition coefficient (Wildman–Crippen LogP) is 3.43. The summed E-state index contributed by atoms with van der Waals surface area (Å²) in [6.45, 7) is 0.635. The van der Waals surface area contributed by atoms with Crippen LogP contribution >= 0.6 is 0 Å². The molecule has 0 saturated heterocycles. The number of benzene rings is 2. The summed E-state index contributed by atoms with van der Waals surface area (Å²) in [5.41, 5.74) is 3.00. The minimum Gasteiger partial charge on any atom is -0.301 e. The second-order valence-electron chi connectivity index (χ2n) is 4.86. The van der Waals surface area contributed by atoms with E-state index in [9.17, 15) is 4.39 Å². The van der Waals surface area contributed by atoms with Crippen LogP contribution < -0.4 is 5.32 Å². The van der Waals surface area contributed by atoms with Gasteiger partial charge in [-0.25, -0.2) is 4.39 Å². The minimum absolute atomic E-state index is 0.0646. The molecule has 0 radical (unpaired) electrons. The van der Waals surface area contributed by atoms with Crippen LogP contribution in [0.15, 0.2) is 66.9 Å². The van der Waals surface area contributed by atoms with Crippen LogP contribution in [0.5, 0.6) is 0 Å². The quantitative estimate of drug-likeness (QED) is 0.752. The second kappa shape index (κ2) is 6.33. The maximum Gasteiger partial charge on any atom is 0.123 e. The summed E-state index contributed by atoms with van der Waals surface area (Å²) in [6, 6.07) is 18.6. The maximum absolute atomic E-state index is 13.5. The van der Waals surface area contributed by atoms with Gasteiger partial charge in [-0.05, 0) is 29.3 Å². The molecule has 0 fully saturated rings. The van der Waals surface area contributed by atoms with Crippen molar-refractivity contribution in [3.63, 3.8) is 0 Å². The third kappa shape index (κ3) is 3.35. The van der Waals surface area contributed by atoms with Gasteiger partial charge < -0.3 is 5.32 Å². The van der Waals surface area contributed by atoms with E-state index in [-0.39, 0.29) is 11.9 Å². The second-order valence-corrected chi connectivity index (χ2v) is 4.86. The van der Waals surface area contributed by atoms with Crippen LogP contribution in [0, 0.1) is 5.82 Å². The van der Waals surface area contributed by atoms with E-state index in [4.69, 9.17) is 0 Å². The van der Waals surface area contributed by atoms with Crippen molar-refractivity contribution < 1.29 is 4.39 Å². The van der Waals surface area contributed by atoms with E-state index in [0.29, 0.717) is 6.54 Å². The monoisotopic (exact) mass is 281 g/mol. The smallest absolute Gasteiger partial charge is 0.123 e. The number of nitrogens with one attached hydrogen (secondary N) is 2. The van der Waals surface area contributed by atoms with Gasteiger partial charge in [-0.1, -0.05) is 42.5 Å². The number of nitrogens with zero attached hydrogens (tertiary/aromatic N) is 1. The van der Waals surface area contributed by atoms with E-state index < -0.39 is 0 Å². The first kappa shape index (κ1) is 13.5. The van der Waals surface area contributed by atoms with E-state index in [1.807, 2.05) is 42.5 Å². The van der Waals surface area contributed by atoms with Crippen molar-refractivity contribution in [1.82, 2.24) is 15.5 Å². The highest BCUT2D eigenvalue weighted by Crippen LogP contribution is 2.22. The van der Waals surface area contributed by atoms with Crippen molar-refractivity contribution in [3.8, 4) is 0 Å². The molecule has 21 heavy (non-hydrogen) atoms. The zero-order valence-electron chi connectivity index (χ0n) is 11.5. The molecule has 1 heterocycles. The average Bonchev–Trinajstić information content (AvgIpc) is 3.02. The largest absolute Gasteiger partial charge is 0.301 e. The molecule has 3 nitrogen and oxygen atoms in total. The number of hydrogen-bond acceptors (Lipinski definition) is 2. The van der Waals surface area contributed by atoms with Crippen LogP contribution in [0.25, 0.3) is 0 Å². The molecule has 0 spiro atoms. The average molecular weight is 281 g/mol. The van der Waals surface area contributed by atoms with Gasteiger partial charge in [0.15, 0.2) is 0 Å². The molecule has 1 aromatic heterocycles. The van der Waals surface area contributed by atoms with Crippen LogP contribution in [-0.2, 0) is 6.54 Å². The van der Waals surface area contributed by atoms with Crippen molar-refractivity contribution in [2.45, 2.75) is 12.6 Å². The highest BCUT2D eigenvalue weighted by atomic mass is 19.1. The van der Waals surface area contributed by atoms with Gasteiger partial charge in [0.1, 0.15) is 5.82 Å². The van der Waals surface area contributed by atoms with Crippen LogP contribution in [0.4, 0.5) is 4.39 Å². The summed E-state index contributed by atoms with van der Waals surface area (Å²) < 4.78 is 13.5. The van der Waals surface area contributed by atoms with Crippen LogP contribution in [0.2, 0.25) is 0 Å². The molecule has 0 aliphatic heterocycles. The molecule has 3 rings (SSSR count). The number of rotatable bonds is 5. The normalized spacial score (nSPS) is 12.2. The molecule has 0 unspecified atom stereocenters. The fourth-order valence-corrected chi connectivity index (χ4v) is 2.35. The lowest BCUT2D eigenvalue weighted by molar-refractivity contribution is 0.583. The Hall–Kier alpha value is -2.46. The molecule has 2 N–H and O–H groups in total. The van der Waals surface area contributed by atoms with Gasteiger partial charge in [-0.3, -0.25) is 5.10 Å². The molecule has 0 amide bonds. The van der Waals surface area contributed by atoms with Crippen LogP contribution in [0.1, 0.15) is 22.9 Å². The van der Waals surface area contributed by atoms with Gasteiger partial charge in [-0.2, -0.15) is 5.10 Å². The van der Waals surface area contributed by atoms with Gasteiger partial charge in [0.25, 0.3) is 0 Å². The summed E-state index contributed by atoms with van der Waals surface area (Å²) >= 11 is 0. The fraction of sp³-hybridized carbons (Fsp3) is 0.118. The standard InChI is InChI=1S/C17H16FN3/c18-15-8-4-7-14(11-15)17(13-5-2-1-3-6-13)19-12-16-9-10-20-21-16/h1-11,17,19H,12H2,(H,20,21)/t17-/m1/s1. The summed E-state index contributed by atoms with van der Waals surface area (Å²) in [5, 5.41) is 10.3. The Morgan fingerprint density at radius 3 is 2.52 bits per heavy atom. The van der Waals surface area contributed by atoms with Crippen molar-refractivity contribution >= 4 is 0 Å². The Balaban J connectivity index is 1.87. The van der Waals surface area contributed by atoms with Crippen molar-refractivity contribution in [2.75, 3.05) is 0 Å². The Morgan fingerprint density at radius 2 is 1.81 bits per heavy atom. The maximum atomic E-state index is 13.5. The fourth-order valence-electron chi connectivity index (χ4n) is 2.35. The molecule has 4 heteroatoms.